The van der Waals surface area contributed by atoms with Crippen LogP contribution < -0.4 is 0 Å². The molecule has 0 bridgehead atoms. The Labute approximate surface area is 157 Å². The van der Waals surface area contributed by atoms with Gasteiger partial charge in [-0.25, -0.2) is 0 Å². The number of halogens is 1. The molecule has 25 heavy (non-hydrogen) atoms. The van der Waals surface area contributed by atoms with Crippen molar-refractivity contribution < 1.29 is 5.11 Å². The van der Waals surface area contributed by atoms with Gasteiger partial charge in [0.2, 0.25) is 0 Å². The van der Waals surface area contributed by atoms with E-state index in [0.29, 0.717) is 18.5 Å². The second kappa shape index (κ2) is 8.35. The topological polar surface area (TPSA) is 23.5 Å². The molecule has 0 fully saturated rings. The highest BCUT2D eigenvalue weighted by Crippen LogP contribution is 2.29. The average Bonchev–Trinajstić information content (AvgIpc) is 2.55. The van der Waals surface area contributed by atoms with E-state index in [1.54, 1.807) is 0 Å². The predicted octanol–water partition coefficient (Wildman–Crippen LogP) is 5.72. The maximum absolute atomic E-state index is 11.0. The fourth-order valence-corrected chi connectivity index (χ4v) is 3.39. The first-order valence-corrected chi connectivity index (χ1v) is 9.43. The lowest BCUT2D eigenvalue weighted by atomic mass is 9.90. The molecular weight excluding hydrogens is 330 g/mol. The first-order valence-electron chi connectivity index (χ1n) is 9.05. The first-order chi connectivity index (χ1) is 11.7. The van der Waals surface area contributed by atoms with Gasteiger partial charge in [-0.05, 0) is 69.9 Å². The summed E-state index contributed by atoms with van der Waals surface area (Å²) in [4.78, 5) is 2.41. The van der Waals surface area contributed by atoms with Crippen LogP contribution in [0.3, 0.4) is 0 Å². The first kappa shape index (κ1) is 20.0. The van der Waals surface area contributed by atoms with E-state index >= 15 is 0 Å². The van der Waals surface area contributed by atoms with E-state index in [4.69, 9.17) is 11.6 Å². The summed E-state index contributed by atoms with van der Waals surface area (Å²) in [5, 5.41) is 11.7. The third kappa shape index (κ3) is 5.31. The number of hydrogen-bond acceptors (Lipinski definition) is 2. The SMILES string of the molecule is CC(C)N(CCC(C)(O)c1ccc(-c2ccc(Cl)cc2)cc1)C(C)C. The van der Waals surface area contributed by atoms with Gasteiger partial charge in [-0.2, -0.15) is 0 Å². The summed E-state index contributed by atoms with van der Waals surface area (Å²) in [6.45, 7) is 11.6. The third-order valence-electron chi connectivity index (χ3n) is 4.87. The average molecular weight is 360 g/mol. The van der Waals surface area contributed by atoms with Crippen LogP contribution in [0.2, 0.25) is 5.02 Å². The molecular formula is C22H30ClNO. The minimum atomic E-state index is -0.833. The van der Waals surface area contributed by atoms with Gasteiger partial charge in [-0.15, -0.1) is 0 Å². The highest BCUT2D eigenvalue weighted by molar-refractivity contribution is 6.30. The van der Waals surface area contributed by atoms with Gasteiger partial charge in [-0.3, -0.25) is 4.90 Å². The largest absolute Gasteiger partial charge is 0.385 e. The lowest BCUT2D eigenvalue weighted by Gasteiger charge is -2.34. The number of aliphatic hydroxyl groups is 1. The standard InChI is InChI=1S/C22H30ClNO/c1-16(2)24(17(3)4)15-14-22(5,25)20-10-6-18(7-11-20)19-8-12-21(23)13-9-19/h6-13,16-17,25H,14-15H2,1-5H3. The fourth-order valence-electron chi connectivity index (χ4n) is 3.27. The molecule has 1 unspecified atom stereocenters. The third-order valence-corrected chi connectivity index (χ3v) is 5.12. The van der Waals surface area contributed by atoms with Gasteiger partial charge < -0.3 is 5.11 Å². The smallest absolute Gasteiger partial charge is 0.0880 e. The van der Waals surface area contributed by atoms with Crippen LogP contribution in [0.15, 0.2) is 48.5 Å². The maximum Gasteiger partial charge on any atom is 0.0880 e. The molecule has 0 amide bonds. The highest BCUT2D eigenvalue weighted by atomic mass is 35.5. The fraction of sp³-hybridized carbons (Fsp3) is 0.455. The molecule has 0 saturated carbocycles. The Bertz CT molecular complexity index is 651. The quantitative estimate of drug-likeness (QED) is 0.683. The summed E-state index contributed by atoms with van der Waals surface area (Å²) in [5.41, 5.74) is 2.38. The summed E-state index contributed by atoms with van der Waals surface area (Å²) in [6, 6.07) is 17.0. The lowest BCUT2D eigenvalue weighted by molar-refractivity contribution is 0.0272. The van der Waals surface area contributed by atoms with Crippen molar-refractivity contribution in [3.8, 4) is 11.1 Å². The van der Waals surface area contributed by atoms with Gasteiger partial charge in [0.05, 0.1) is 5.60 Å². The van der Waals surface area contributed by atoms with Crippen molar-refractivity contribution in [3.63, 3.8) is 0 Å². The Balaban J connectivity index is 2.10. The maximum atomic E-state index is 11.0. The summed E-state index contributed by atoms with van der Waals surface area (Å²) in [5.74, 6) is 0. The second-order valence-corrected chi connectivity index (χ2v) is 7.97. The summed E-state index contributed by atoms with van der Waals surface area (Å²) in [6.07, 6.45) is 0.712. The molecule has 2 aromatic rings. The van der Waals surface area contributed by atoms with E-state index in [1.165, 1.54) is 0 Å². The molecule has 0 spiro atoms. The molecule has 2 rings (SSSR count). The molecule has 1 N–H and O–H groups in total. The van der Waals surface area contributed by atoms with E-state index in [1.807, 2.05) is 43.3 Å². The minimum absolute atomic E-state index is 0.475. The summed E-state index contributed by atoms with van der Waals surface area (Å²) < 4.78 is 0. The van der Waals surface area contributed by atoms with Crippen LogP contribution in [-0.4, -0.2) is 28.6 Å². The minimum Gasteiger partial charge on any atom is -0.385 e. The molecule has 2 nitrogen and oxygen atoms in total. The monoisotopic (exact) mass is 359 g/mol. The summed E-state index contributed by atoms with van der Waals surface area (Å²) >= 11 is 5.95. The predicted molar refractivity (Wildman–Crippen MR) is 108 cm³/mol. The Kier molecular flexibility index (Phi) is 6.67. The number of benzene rings is 2. The van der Waals surface area contributed by atoms with E-state index in [2.05, 4.69) is 44.7 Å². The van der Waals surface area contributed by atoms with Crippen molar-refractivity contribution in [2.75, 3.05) is 6.54 Å². The van der Waals surface area contributed by atoms with Crippen LogP contribution in [0.5, 0.6) is 0 Å². The Morgan fingerprint density at radius 2 is 1.32 bits per heavy atom. The van der Waals surface area contributed by atoms with E-state index in [-0.39, 0.29) is 0 Å². The molecule has 0 radical (unpaired) electrons. The van der Waals surface area contributed by atoms with Crippen molar-refractivity contribution in [3.05, 3.63) is 59.1 Å². The Morgan fingerprint density at radius 1 is 0.880 bits per heavy atom. The molecule has 0 aliphatic carbocycles. The normalized spacial score (nSPS) is 14.3. The molecule has 1 atom stereocenters. The molecule has 0 aliphatic heterocycles. The Hall–Kier alpha value is -1.35. The van der Waals surface area contributed by atoms with Crippen molar-refractivity contribution in [1.29, 1.82) is 0 Å². The van der Waals surface area contributed by atoms with Gasteiger partial charge in [0.25, 0.3) is 0 Å². The van der Waals surface area contributed by atoms with Crippen LogP contribution in [0.25, 0.3) is 11.1 Å². The molecule has 0 heterocycles. The zero-order valence-corrected chi connectivity index (χ0v) is 16.7. The van der Waals surface area contributed by atoms with E-state index in [9.17, 15) is 5.11 Å². The van der Waals surface area contributed by atoms with E-state index < -0.39 is 5.60 Å². The van der Waals surface area contributed by atoms with Crippen molar-refractivity contribution in [2.45, 2.75) is 58.7 Å². The number of nitrogens with zero attached hydrogens (tertiary/aromatic N) is 1. The van der Waals surface area contributed by atoms with Crippen LogP contribution in [-0.2, 0) is 5.60 Å². The lowest BCUT2D eigenvalue weighted by Crippen LogP contribution is -2.40. The molecule has 0 aromatic heterocycles. The second-order valence-electron chi connectivity index (χ2n) is 7.53. The summed E-state index contributed by atoms with van der Waals surface area (Å²) in [7, 11) is 0. The van der Waals surface area contributed by atoms with E-state index in [0.717, 1.165) is 28.3 Å². The Morgan fingerprint density at radius 3 is 1.76 bits per heavy atom. The molecule has 0 aliphatic rings. The van der Waals surface area contributed by atoms with Crippen LogP contribution in [0, 0.1) is 0 Å². The number of rotatable bonds is 7. The molecule has 0 saturated heterocycles. The van der Waals surface area contributed by atoms with Gasteiger partial charge >= 0.3 is 0 Å². The van der Waals surface area contributed by atoms with Gasteiger partial charge in [0, 0.05) is 23.7 Å². The molecule has 2 aromatic carbocycles. The molecule has 136 valence electrons. The van der Waals surface area contributed by atoms with Gasteiger partial charge in [-0.1, -0.05) is 48.0 Å². The van der Waals surface area contributed by atoms with Crippen molar-refractivity contribution >= 4 is 11.6 Å². The molecule has 3 heteroatoms. The zero-order valence-electron chi connectivity index (χ0n) is 16.0. The van der Waals surface area contributed by atoms with Crippen molar-refractivity contribution in [2.24, 2.45) is 0 Å². The number of hydrogen-bond donors (Lipinski definition) is 1. The zero-order chi connectivity index (χ0) is 18.6. The van der Waals surface area contributed by atoms with Crippen LogP contribution in [0.4, 0.5) is 0 Å². The van der Waals surface area contributed by atoms with Crippen LogP contribution in [0.1, 0.15) is 46.6 Å². The van der Waals surface area contributed by atoms with Gasteiger partial charge in [0.1, 0.15) is 0 Å². The highest BCUT2D eigenvalue weighted by Gasteiger charge is 2.25. The van der Waals surface area contributed by atoms with Crippen LogP contribution >= 0.6 is 11.6 Å². The van der Waals surface area contributed by atoms with Gasteiger partial charge in [0.15, 0.2) is 0 Å². The van der Waals surface area contributed by atoms with Crippen molar-refractivity contribution in [1.82, 2.24) is 4.90 Å².